The van der Waals surface area contributed by atoms with Crippen LogP contribution >= 0.6 is 22.7 Å². The monoisotopic (exact) mass is 357 g/mol. The van der Waals surface area contributed by atoms with E-state index in [1.54, 1.807) is 22.7 Å². The molecule has 1 amide bonds. The van der Waals surface area contributed by atoms with Crippen molar-refractivity contribution in [3.8, 4) is 0 Å². The summed E-state index contributed by atoms with van der Waals surface area (Å²) in [6.45, 7) is 2.19. The van der Waals surface area contributed by atoms with E-state index in [4.69, 9.17) is 0 Å². The van der Waals surface area contributed by atoms with Crippen molar-refractivity contribution in [1.29, 1.82) is 0 Å². The molecule has 0 aromatic carbocycles. The van der Waals surface area contributed by atoms with E-state index >= 15 is 0 Å². The molecule has 0 radical (unpaired) electrons. The van der Waals surface area contributed by atoms with Crippen molar-refractivity contribution in [2.24, 2.45) is 17.8 Å². The summed E-state index contributed by atoms with van der Waals surface area (Å²) in [4.78, 5) is 15.1. The Bertz CT molecular complexity index is 717. The van der Waals surface area contributed by atoms with Gasteiger partial charge in [0, 0.05) is 15.8 Å². The molecule has 2 bridgehead atoms. The largest absolute Gasteiger partial charge is 0.349 e. The van der Waals surface area contributed by atoms with Crippen LogP contribution in [0.5, 0.6) is 0 Å². The molecule has 0 spiro atoms. The summed E-state index contributed by atoms with van der Waals surface area (Å²) >= 11 is 3.30. The Kier molecular flexibility index (Phi) is 4.59. The fourth-order valence-corrected chi connectivity index (χ4v) is 5.89. The third-order valence-corrected chi connectivity index (χ3v) is 7.38. The second-order valence-electron chi connectivity index (χ2n) is 7.15. The number of hydrogen-bond donors (Lipinski definition) is 1. The molecular weight excluding hydrogens is 334 g/mol. The molecule has 24 heavy (non-hydrogen) atoms. The van der Waals surface area contributed by atoms with Crippen LogP contribution in [0, 0.1) is 17.8 Å². The van der Waals surface area contributed by atoms with Gasteiger partial charge in [0.2, 0.25) is 0 Å². The number of thiophene rings is 2. The number of hydrogen-bond acceptors (Lipinski definition) is 3. The van der Waals surface area contributed by atoms with Crippen LogP contribution in [0.2, 0.25) is 0 Å². The molecule has 126 valence electrons. The highest BCUT2D eigenvalue weighted by Gasteiger charge is 2.42. The molecule has 2 saturated carbocycles. The second-order valence-corrected chi connectivity index (χ2v) is 9.08. The second kappa shape index (κ2) is 6.85. The Morgan fingerprint density at radius 2 is 2.04 bits per heavy atom. The SMILES string of the molecule is C[C@@H](NC(=O)/C(=C/c1cccs1)c1cccs1)[C@@H]1C[C@H]2CC[C@H]1C2. The molecule has 4 rings (SSSR count). The number of carbonyl (C=O) groups excluding carboxylic acids is 1. The molecule has 2 fully saturated rings. The van der Waals surface area contributed by atoms with Crippen molar-refractivity contribution in [1.82, 2.24) is 5.32 Å². The number of carbonyl (C=O) groups is 1. The third-order valence-electron chi connectivity index (χ3n) is 5.65. The highest BCUT2D eigenvalue weighted by atomic mass is 32.1. The van der Waals surface area contributed by atoms with Crippen LogP contribution in [0.25, 0.3) is 11.6 Å². The predicted octanol–water partition coefficient (Wildman–Crippen LogP) is 5.29. The molecule has 0 unspecified atom stereocenters. The molecule has 2 heterocycles. The summed E-state index contributed by atoms with van der Waals surface area (Å²) in [6.07, 6.45) is 7.47. The van der Waals surface area contributed by atoms with Gasteiger partial charge in [-0.15, -0.1) is 22.7 Å². The molecule has 0 aliphatic heterocycles. The van der Waals surface area contributed by atoms with Gasteiger partial charge < -0.3 is 5.32 Å². The topological polar surface area (TPSA) is 29.1 Å². The Balaban J connectivity index is 1.51. The first-order chi connectivity index (χ1) is 11.7. The Morgan fingerprint density at radius 3 is 2.67 bits per heavy atom. The smallest absolute Gasteiger partial charge is 0.252 e. The van der Waals surface area contributed by atoms with Crippen LogP contribution in [0.3, 0.4) is 0 Å². The molecule has 2 aliphatic rings. The molecule has 1 N–H and O–H groups in total. The van der Waals surface area contributed by atoms with Crippen molar-refractivity contribution in [2.75, 3.05) is 0 Å². The van der Waals surface area contributed by atoms with Gasteiger partial charge in [-0.2, -0.15) is 0 Å². The molecule has 2 nitrogen and oxygen atoms in total. The van der Waals surface area contributed by atoms with Gasteiger partial charge in [-0.3, -0.25) is 4.79 Å². The molecule has 2 aromatic rings. The molecule has 0 saturated heterocycles. The van der Waals surface area contributed by atoms with E-state index in [0.717, 1.165) is 27.2 Å². The van der Waals surface area contributed by atoms with Crippen LogP contribution in [-0.2, 0) is 4.79 Å². The van der Waals surface area contributed by atoms with Gasteiger partial charge in [0.15, 0.2) is 0 Å². The van der Waals surface area contributed by atoms with Gasteiger partial charge in [0.25, 0.3) is 5.91 Å². The zero-order valence-electron chi connectivity index (χ0n) is 13.9. The molecular formula is C20H23NOS2. The summed E-state index contributed by atoms with van der Waals surface area (Å²) in [7, 11) is 0. The quantitative estimate of drug-likeness (QED) is 0.724. The summed E-state index contributed by atoms with van der Waals surface area (Å²) < 4.78 is 0. The van der Waals surface area contributed by atoms with Gasteiger partial charge >= 0.3 is 0 Å². The summed E-state index contributed by atoms with van der Waals surface area (Å²) in [5.74, 6) is 2.48. The summed E-state index contributed by atoms with van der Waals surface area (Å²) in [6, 6.07) is 8.39. The number of rotatable bonds is 5. The number of nitrogens with one attached hydrogen (secondary N) is 1. The maximum atomic E-state index is 13.0. The molecule has 4 atom stereocenters. The van der Waals surface area contributed by atoms with Crippen LogP contribution in [0.1, 0.15) is 42.4 Å². The fraction of sp³-hybridized carbons (Fsp3) is 0.450. The van der Waals surface area contributed by atoms with E-state index in [1.165, 1.54) is 25.7 Å². The van der Waals surface area contributed by atoms with Crippen molar-refractivity contribution in [3.63, 3.8) is 0 Å². The highest BCUT2D eigenvalue weighted by Crippen LogP contribution is 2.49. The first-order valence-corrected chi connectivity index (χ1v) is 10.6. The van der Waals surface area contributed by atoms with Crippen LogP contribution < -0.4 is 5.32 Å². The Hall–Kier alpha value is -1.39. The Morgan fingerprint density at radius 1 is 1.21 bits per heavy atom. The standard InChI is InChI=1S/C20H23NOS2/c1-13(17-11-14-6-7-15(17)10-14)21-20(22)18(19-5-3-9-24-19)12-16-4-2-8-23-16/h2-5,8-9,12-15,17H,6-7,10-11H2,1H3,(H,21,22)/b18-12+/t13-,14+,15+,17+/m1/s1. The van der Waals surface area contributed by atoms with Gasteiger partial charge in [-0.1, -0.05) is 18.6 Å². The first kappa shape index (κ1) is 16.1. The van der Waals surface area contributed by atoms with E-state index in [9.17, 15) is 4.79 Å². The molecule has 4 heteroatoms. The van der Waals surface area contributed by atoms with E-state index in [-0.39, 0.29) is 11.9 Å². The van der Waals surface area contributed by atoms with E-state index in [0.29, 0.717) is 5.92 Å². The lowest BCUT2D eigenvalue weighted by atomic mass is 9.84. The average molecular weight is 358 g/mol. The average Bonchev–Trinajstić information content (AvgIpc) is 3.37. The van der Waals surface area contributed by atoms with Crippen molar-refractivity contribution >= 4 is 40.2 Å². The minimum Gasteiger partial charge on any atom is -0.349 e. The molecule has 2 aliphatic carbocycles. The van der Waals surface area contributed by atoms with Gasteiger partial charge in [0.1, 0.15) is 0 Å². The van der Waals surface area contributed by atoms with Gasteiger partial charge in [0.05, 0.1) is 5.57 Å². The van der Waals surface area contributed by atoms with Gasteiger partial charge in [-0.25, -0.2) is 0 Å². The van der Waals surface area contributed by atoms with E-state index in [1.807, 2.05) is 35.0 Å². The van der Waals surface area contributed by atoms with Crippen molar-refractivity contribution < 1.29 is 4.79 Å². The predicted molar refractivity (Wildman–Crippen MR) is 103 cm³/mol. The minimum atomic E-state index is 0.0705. The number of fused-ring (bicyclic) bond motifs is 2. The zero-order chi connectivity index (χ0) is 16.5. The van der Waals surface area contributed by atoms with E-state index in [2.05, 4.69) is 18.3 Å². The lowest BCUT2D eigenvalue weighted by molar-refractivity contribution is -0.116. The number of amides is 1. The van der Waals surface area contributed by atoms with Crippen molar-refractivity contribution in [3.05, 3.63) is 44.8 Å². The van der Waals surface area contributed by atoms with Crippen LogP contribution in [0.15, 0.2) is 35.0 Å². The molecule has 2 aromatic heterocycles. The summed E-state index contributed by atoms with van der Waals surface area (Å²) in [5.41, 5.74) is 0.794. The normalized spacial score (nSPS) is 27.4. The van der Waals surface area contributed by atoms with Gasteiger partial charge in [-0.05, 0) is 72.9 Å². The van der Waals surface area contributed by atoms with Crippen LogP contribution in [0.4, 0.5) is 0 Å². The lowest BCUT2D eigenvalue weighted by Gasteiger charge is -2.28. The summed E-state index contributed by atoms with van der Waals surface area (Å²) in [5, 5.41) is 7.39. The maximum Gasteiger partial charge on any atom is 0.252 e. The lowest BCUT2D eigenvalue weighted by Crippen LogP contribution is -2.40. The van der Waals surface area contributed by atoms with Crippen molar-refractivity contribution in [2.45, 2.75) is 38.6 Å². The first-order valence-electron chi connectivity index (χ1n) is 8.80. The minimum absolute atomic E-state index is 0.0705. The third kappa shape index (κ3) is 3.22. The van der Waals surface area contributed by atoms with Crippen LogP contribution in [-0.4, -0.2) is 11.9 Å². The fourth-order valence-electron chi connectivity index (χ4n) is 4.49. The van der Waals surface area contributed by atoms with E-state index < -0.39 is 0 Å². The Labute approximate surface area is 151 Å². The maximum absolute atomic E-state index is 13.0. The highest BCUT2D eigenvalue weighted by molar-refractivity contribution is 7.12. The zero-order valence-corrected chi connectivity index (χ0v) is 15.5.